The Bertz CT molecular complexity index is 1120. The fraction of sp³-hybridized carbons (Fsp3) is 0.333. The van der Waals surface area contributed by atoms with Gasteiger partial charge in [-0.05, 0) is 43.2 Å². The van der Waals surface area contributed by atoms with Crippen LogP contribution in [0.4, 0.5) is 0 Å². The number of carbonyl (C=O) groups excluding carboxylic acids is 1. The van der Waals surface area contributed by atoms with Crippen molar-refractivity contribution in [1.29, 1.82) is 0 Å². The number of nitrogens with zero attached hydrogens (tertiary/aromatic N) is 2. The van der Waals surface area contributed by atoms with Crippen molar-refractivity contribution in [3.05, 3.63) is 75.7 Å². The first-order valence-electron chi connectivity index (χ1n) is 10.6. The molecule has 1 aliphatic rings. The first kappa shape index (κ1) is 20.8. The summed E-state index contributed by atoms with van der Waals surface area (Å²) in [6.07, 6.45) is 1.63. The van der Waals surface area contributed by atoms with Crippen LogP contribution in [-0.2, 0) is 24.2 Å². The molecule has 162 valence electrons. The minimum absolute atomic E-state index is 0.0466. The summed E-state index contributed by atoms with van der Waals surface area (Å²) >= 11 is 0. The molecule has 0 saturated carbocycles. The van der Waals surface area contributed by atoms with Crippen LogP contribution in [0.3, 0.4) is 0 Å². The van der Waals surface area contributed by atoms with Gasteiger partial charge in [-0.15, -0.1) is 0 Å². The minimum Gasteiger partial charge on any atom is -0.493 e. The van der Waals surface area contributed by atoms with Gasteiger partial charge in [0.05, 0.1) is 31.5 Å². The quantitative estimate of drug-likeness (QED) is 0.636. The summed E-state index contributed by atoms with van der Waals surface area (Å²) in [6.45, 7) is 3.44. The lowest BCUT2D eigenvalue weighted by atomic mass is 10.1. The lowest BCUT2D eigenvalue weighted by Crippen LogP contribution is -2.37. The Morgan fingerprint density at radius 3 is 2.68 bits per heavy atom. The number of hydrogen-bond donors (Lipinski definition) is 1. The van der Waals surface area contributed by atoms with Crippen LogP contribution in [-0.4, -0.2) is 40.8 Å². The summed E-state index contributed by atoms with van der Waals surface area (Å²) < 4.78 is 12.5. The van der Waals surface area contributed by atoms with Crippen molar-refractivity contribution in [2.45, 2.75) is 32.7 Å². The Labute approximate surface area is 181 Å². The molecule has 0 unspecified atom stereocenters. The maximum atomic E-state index is 12.9. The standard InChI is InChI=1S/C24H27N3O4/c1-3-31-21-11-9-17(15-22(21)30-2)10-12-23(28)26-14-13-20-19(16-26)24(29)27(25-20)18-7-5-4-6-8-18/h4-9,11,15,25H,3,10,12-14,16H2,1-2H3. The molecule has 2 aromatic carbocycles. The maximum absolute atomic E-state index is 12.9. The number of nitrogens with one attached hydrogen (secondary N) is 1. The normalized spacial score (nSPS) is 13.0. The second-order valence-corrected chi connectivity index (χ2v) is 7.53. The largest absolute Gasteiger partial charge is 0.493 e. The van der Waals surface area contributed by atoms with Crippen molar-refractivity contribution >= 4 is 5.91 Å². The molecule has 0 bridgehead atoms. The number of aromatic nitrogens is 2. The molecular formula is C24H27N3O4. The van der Waals surface area contributed by atoms with Gasteiger partial charge in [0, 0.05) is 25.1 Å². The van der Waals surface area contributed by atoms with Crippen molar-refractivity contribution in [3.8, 4) is 17.2 Å². The van der Waals surface area contributed by atoms with E-state index in [1.807, 2.05) is 55.5 Å². The van der Waals surface area contributed by atoms with Gasteiger partial charge in [-0.25, -0.2) is 4.68 Å². The van der Waals surface area contributed by atoms with Gasteiger partial charge >= 0.3 is 0 Å². The monoisotopic (exact) mass is 421 g/mol. The topological polar surface area (TPSA) is 76.6 Å². The Morgan fingerprint density at radius 2 is 1.94 bits per heavy atom. The summed E-state index contributed by atoms with van der Waals surface area (Å²) in [6, 6.07) is 15.2. The highest BCUT2D eigenvalue weighted by atomic mass is 16.5. The Morgan fingerprint density at radius 1 is 1.13 bits per heavy atom. The fourth-order valence-electron chi connectivity index (χ4n) is 3.93. The van der Waals surface area contributed by atoms with Crippen molar-refractivity contribution in [2.24, 2.45) is 0 Å². The van der Waals surface area contributed by atoms with E-state index in [-0.39, 0.29) is 11.5 Å². The van der Waals surface area contributed by atoms with E-state index in [2.05, 4.69) is 5.10 Å². The molecule has 0 atom stereocenters. The molecule has 31 heavy (non-hydrogen) atoms. The van der Waals surface area contributed by atoms with E-state index in [1.54, 1.807) is 16.7 Å². The van der Waals surface area contributed by atoms with Crippen molar-refractivity contribution < 1.29 is 14.3 Å². The van der Waals surface area contributed by atoms with Gasteiger partial charge in [0.25, 0.3) is 5.56 Å². The number of hydrogen-bond acceptors (Lipinski definition) is 4. The zero-order valence-corrected chi connectivity index (χ0v) is 17.9. The molecule has 0 spiro atoms. The van der Waals surface area contributed by atoms with Gasteiger partial charge in [0.15, 0.2) is 11.5 Å². The number of carbonyl (C=O) groups is 1. The third-order valence-corrected chi connectivity index (χ3v) is 5.58. The third kappa shape index (κ3) is 4.35. The summed E-state index contributed by atoms with van der Waals surface area (Å²) in [5, 5.41) is 3.20. The Balaban J connectivity index is 1.43. The number of para-hydroxylation sites is 1. The number of methoxy groups -OCH3 is 1. The summed E-state index contributed by atoms with van der Waals surface area (Å²) in [7, 11) is 1.61. The number of amides is 1. The van der Waals surface area contributed by atoms with E-state index in [4.69, 9.17) is 9.47 Å². The smallest absolute Gasteiger partial charge is 0.276 e. The number of aryl methyl sites for hydroxylation is 1. The first-order chi connectivity index (χ1) is 15.1. The highest BCUT2D eigenvalue weighted by Crippen LogP contribution is 2.28. The zero-order chi connectivity index (χ0) is 21.8. The summed E-state index contributed by atoms with van der Waals surface area (Å²) in [5.41, 5.74) is 3.30. The van der Waals surface area contributed by atoms with Crippen LogP contribution in [0.2, 0.25) is 0 Å². The van der Waals surface area contributed by atoms with Gasteiger partial charge in [-0.1, -0.05) is 24.3 Å². The van der Waals surface area contributed by atoms with Gasteiger partial charge in [0.1, 0.15) is 0 Å². The molecule has 1 amide bonds. The number of fused-ring (bicyclic) bond motifs is 1. The second-order valence-electron chi connectivity index (χ2n) is 7.53. The van der Waals surface area contributed by atoms with Gasteiger partial charge < -0.3 is 14.4 Å². The second kappa shape index (κ2) is 9.12. The van der Waals surface area contributed by atoms with Crippen molar-refractivity contribution in [3.63, 3.8) is 0 Å². The molecule has 1 aromatic heterocycles. The summed E-state index contributed by atoms with van der Waals surface area (Å²) in [5.74, 6) is 1.42. The van der Waals surface area contributed by atoms with Crippen LogP contribution in [0.1, 0.15) is 30.2 Å². The SMILES string of the molecule is CCOc1ccc(CCC(=O)N2CCc3[nH]n(-c4ccccc4)c(=O)c3C2)cc1OC. The predicted octanol–water partition coefficient (Wildman–Crippen LogP) is 3.09. The lowest BCUT2D eigenvalue weighted by Gasteiger charge is -2.26. The highest BCUT2D eigenvalue weighted by molar-refractivity contribution is 5.76. The average Bonchev–Trinajstić information content (AvgIpc) is 3.14. The number of H-pyrrole nitrogens is 1. The van der Waals surface area contributed by atoms with Crippen LogP contribution in [0.25, 0.3) is 5.69 Å². The summed E-state index contributed by atoms with van der Waals surface area (Å²) in [4.78, 5) is 27.5. The molecule has 2 heterocycles. The average molecular weight is 421 g/mol. The molecule has 7 nitrogen and oxygen atoms in total. The van der Waals surface area contributed by atoms with Gasteiger partial charge in [0.2, 0.25) is 5.91 Å². The molecule has 0 fully saturated rings. The van der Waals surface area contributed by atoms with Crippen LogP contribution >= 0.6 is 0 Å². The van der Waals surface area contributed by atoms with Gasteiger partial charge in [-0.3, -0.25) is 14.7 Å². The lowest BCUT2D eigenvalue weighted by molar-refractivity contribution is -0.132. The minimum atomic E-state index is -0.0880. The maximum Gasteiger partial charge on any atom is 0.276 e. The van der Waals surface area contributed by atoms with E-state index in [0.717, 1.165) is 16.9 Å². The molecular weight excluding hydrogens is 394 g/mol. The van der Waals surface area contributed by atoms with Crippen molar-refractivity contribution in [1.82, 2.24) is 14.7 Å². The number of aromatic amines is 1. The predicted molar refractivity (Wildman–Crippen MR) is 118 cm³/mol. The molecule has 0 aliphatic carbocycles. The fourth-order valence-corrected chi connectivity index (χ4v) is 3.93. The highest BCUT2D eigenvalue weighted by Gasteiger charge is 2.25. The molecule has 1 aliphatic heterocycles. The molecule has 0 radical (unpaired) electrons. The Kier molecular flexibility index (Phi) is 6.11. The first-order valence-corrected chi connectivity index (χ1v) is 10.6. The van der Waals surface area contributed by atoms with E-state index in [9.17, 15) is 9.59 Å². The molecule has 7 heteroatoms. The third-order valence-electron chi connectivity index (χ3n) is 5.58. The van der Waals surface area contributed by atoms with Gasteiger partial charge in [-0.2, -0.15) is 0 Å². The van der Waals surface area contributed by atoms with Crippen LogP contribution in [0.5, 0.6) is 11.5 Å². The molecule has 1 N–H and O–H groups in total. The van der Waals surface area contributed by atoms with Crippen LogP contribution in [0, 0.1) is 0 Å². The van der Waals surface area contributed by atoms with Crippen molar-refractivity contribution in [2.75, 3.05) is 20.3 Å². The number of ether oxygens (including phenoxy) is 2. The number of benzene rings is 2. The molecule has 3 aromatic rings. The van der Waals surface area contributed by atoms with E-state index < -0.39 is 0 Å². The van der Waals surface area contributed by atoms with E-state index >= 15 is 0 Å². The molecule has 0 saturated heterocycles. The van der Waals surface area contributed by atoms with Crippen LogP contribution in [0.15, 0.2) is 53.3 Å². The Hall–Kier alpha value is -3.48. The molecule has 4 rings (SSSR count). The van der Waals surface area contributed by atoms with E-state index in [0.29, 0.717) is 56.0 Å². The van der Waals surface area contributed by atoms with E-state index in [1.165, 1.54) is 0 Å². The van der Waals surface area contributed by atoms with Crippen LogP contribution < -0.4 is 15.0 Å². The zero-order valence-electron chi connectivity index (χ0n) is 17.9. The number of rotatable bonds is 7.